The molecule has 1 unspecified atom stereocenters. The van der Waals surface area contributed by atoms with E-state index in [4.69, 9.17) is 11.6 Å². The molecule has 2 heterocycles. The fraction of sp³-hybridized carbons (Fsp3) is 0.259. The summed E-state index contributed by atoms with van der Waals surface area (Å²) in [7, 11) is 0. The molecule has 1 atom stereocenters. The lowest BCUT2D eigenvalue weighted by Crippen LogP contribution is -2.11. The molecular weight excluding hydrogens is 482 g/mol. The Labute approximate surface area is 212 Å². The normalized spacial score (nSPS) is 12.1. The molecule has 0 aliphatic carbocycles. The van der Waals surface area contributed by atoms with E-state index in [9.17, 15) is 24.9 Å². The Morgan fingerprint density at radius 2 is 1.75 bits per heavy atom. The van der Waals surface area contributed by atoms with Crippen LogP contribution in [0.4, 0.5) is 0 Å². The van der Waals surface area contributed by atoms with Crippen molar-refractivity contribution in [2.24, 2.45) is 0 Å². The quantitative estimate of drug-likeness (QED) is 0.269. The van der Waals surface area contributed by atoms with Crippen molar-refractivity contribution in [3.63, 3.8) is 0 Å². The molecule has 0 aliphatic rings. The summed E-state index contributed by atoms with van der Waals surface area (Å²) in [4.78, 5) is 32.9. The van der Waals surface area contributed by atoms with Crippen LogP contribution in [0.3, 0.4) is 0 Å². The van der Waals surface area contributed by atoms with Crippen molar-refractivity contribution in [1.29, 1.82) is 0 Å². The fourth-order valence-electron chi connectivity index (χ4n) is 4.34. The van der Waals surface area contributed by atoms with E-state index in [0.717, 1.165) is 24.2 Å². The molecule has 0 bridgehead atoms. The molecule has 0 saturated carbocycles. The van der Waals surface area contributed by atoms with Gasteiger partial charge in [-0.25, -0.2) is 19.6 Å². The van der Waals surface area contributed by atoms with Crippen molar-refractivity contribution < 1.29 is 24.9 Å². The molecule has 186 valence electrons. The number of aromatic nitrogens is 3. The average molecular weight is 508 g/mol. The largest absolute Gasteiger partial charge is 0.478 e. The highest BCUT2D eigenvalue weighted by molar-refractivity contribution is 6.30. The molecular formula is C27H26ClN3O5. The minimum Gasteiger partial charge on any atom is -0.478 e. The van der Waals surface area contributed by atoms with Crippen LogP contribution in [-0.4, -0.2) is 41.8 Å². The topological polar surface area (TPSA) is 126 Å². The zero-order valence-corrected chi connectivity index (χ0v) is 20.7. The third-order valence-electron chi connectivity index (χ3n) is 6.07. The first kappa shape index (κ1) is 25.3. The molecule has 0 aliphatic heterocycles. The van der Waals surface area contributed by atoms with Gasteiger partial charge < -0.3 is 19.9 Å². The number of aliphatic hydroxyl groups excluding tert-OH is 1. The van der Waals surface area contributed by atoms with Crippen LogP contribution in [0.25, 0.3) is 22.2 Å². The number of imidazole rings is 1. The van der Waals surface area contributed by atoms with E-state index in [1.807, 2.05) is 10.6 Å². The van der Waals surface area contributed by atoms with Gasteiger partial charge in [-0.3, -0.25) is 0 Å². The number of aromatic carboxylic acids is 2. The zero-order chi connectivity index (χ0) is 26.0. The molecule has 9 heteroatoms. The maximum atomic E-state index is 12.2. The zero-order valence-electron chi connectivity index (χ0n) is 19.9. The molecule has 0 radical (unpaired) electrons. The molecule has 2 aromatic heterocycles. The number of rotatable bonds is 9. The summed E-state index contributed by atoms with van der Waals surface area (Å²) in [6, 6.07) is 13.1. The molecule has 0 fully saturated rings. The number of carboxylic acid groups (broad SMARTS) is 2. The van der Waals surface area contributed by atoms with Crippen molar-refractivity contribution in [2.75, 3.05) is 0 Å². The number of hydrogen-bond donors (Lipinski definition) is 3. The summed E-state index contributed by atoms with van der Waals surface area (Å²) in [5.41, 5.74) is 2.40. The second-order valence-electron chi connectivity index (χ2n) is 8.63. The molecule has 0 spiro atoms. The van der Waals surface area contributed by atoms with Gasteiger partial charge >= 0.3 is 11.9 Å². The van der Waals surface area contributed by atoms with Crippen molar-refractivity contribution in [3.8, 4) is 11.3 Å². The summed E-state index contributed by atoms with van der Waals surface area (Å²) in [6.45, 7) is 4.06. The minimum absolute atomic E-state index is 0.0164. The SMILES string of the molecule is CCCCc1nc(Cl)c(C(C)O)n1Cc1ccc2nc(-c3ccccc3C(=O)O)cc(C(=O)O)c2c1. The highest BCUT2D eigenvalue weighted by Crippen LogP contribution is 2.30. The van der Waals surface area contributed by atoms with Gasteiger partial charge in [-0.05, 0) is 43.2 Å². The first-order chi connectivity index (χ1) is 17.2. The number of aryl methyl sites for hydroxylation is 1. The molecule has 0 amide bonds. The summed E-state index contributed by atoms with van der Waals surface area (Å²) >= 11 is 6.34. The summed E-state index contributed by atoms with van der Waals surface area (Å²) in [5, 5.41) is 30.5. The van der Waals surface area contributed by atoms with Crippen LogP contribution in [0.15, 0.2) is 48.5 Å². The van der Waals surface area contributed by atoms with Gasteiger partial charge in [0.15, 0.2) is 5.15 Å². The fourth-order valence-corrected chi connectivity index (χ4v) is 4.70. The number of carbonyl (C=O) groups is 2. The van der Waals surface area contributed by atoms with Crippen LogP contribution >= 0.6 is 11.6 Å². The first-order valence-electron chi connectivity index (χ1n) is 11.6. The predicted molar refractivity (Wildman–Crippen MR) is 137 cm³/mol. The van der Waals surface area contributed by atoms with Crippen molar-refractivity contribution in [2.45, 2.75) is 45.8 Å². The lowest BCUT2D eigenvalue weighted by Gasteiger charge is -2.15. The second-order valence-corrected chi connectivity index (χ2v) is 8.99. The molecule has 8 nitrogen and oxygen atoms in total. The van der Waals surface area contributed by atoms with Crippen molar-refractivity contribution in [3.05, 3.63) is 81.9 Å². The van der Waals surface area contributed by atoms with E-state index in [0.29, 0.717) is 35.1 Å². The minimum atomic E-state index is -1.15. The highest BCUT2D eigenvalue weighted by Gasteiger charge is 2.21. The number of unbranched alkanes of at least 4 members (excludes halogenated alkanes) is 1. The Morgan fingerprint density at radius 3 is 2.42 bits per heavy atom. The summed E-state index contributed by atoms with van der Waals surface area (Å²) in [6.07, 6.45) is 1.77. The molecule has 36 heavy (non-hydrogen) atoms. The van der Waals surface area contributed by atoms with Gasteiger partial charge in [0.25, 0.3) is 0 Å². The number of fused-ring (bicyclic) bond motifs is 1. The van der Waals surface area contributed by atoms with Crippen LogP contribution in [0, 0.1) is 0 Å². The first-order valence-corrected chi connectivity index (χ1v) is 12.0. The van der Waals surface area contributed by atoms with Crippen LogP contribution in [0.2, 0.25) is 5.15 Å². The van der Waals surface area contributed by atoms with Crippen molar-refractivity contribution in [1.82, 2.24) is 14.5 Å². The van der Waals surface area contributed by atoms with E-state index < -0.39 is 18.0 Å². The predicted octanol–water partition coefficient (Wildman–Crippen LogP) is 5.59. The average Bonchev–Trinajstić information content (AvgIpc) is 3.16. The Bertz CT molecular complexity index is 1460. The van der Waals surface area contributed by atoms with Gasteiger partial charge in [-0.15, -0.1) is 0 Å². The Kier molecular flexibility index (Phi) is 7.37. The lowest BCUT2D eigenvalue weighted by molar-refractivity contribution is 0.0688. The number of carboxylic acids is 2. The van der Waals surface area contributed by atoms with Gasteiger partial charge in [0.1, 0.15) is 5.82 Å². The van der Waals surface area contributed by atoms with Gasteiger partial charge in [-0.1, -0.05) is 49.2 Å². The number of nitrogens with zero attached hydrogens (tertiary/aromatic N) is 3. The lowest BCUT2D eigenvalue weighted by atomic mass is 9.99. The van der Waals surface area contributed by atoms with Gasteiger partial charge in [0.2, 0.25) is 0 Å². The number of hydrogen-bond acceptors (Lipinski definition) is 5. The van der Waals surface area contributed by atoms with Crippen LogP contribution < -0.4 is 0 Å². The number of benzene rings is 2. The molecule has 4 aromatic rings. The standard InChI is InChI=1S/C27H26ClN3O5/c1-3-4-9-23-30-25(28)24(15(2)32)31(23)14-16-10-11-21-19(12-16)20(27(35)36)13-22(29-21)17-7-5-6-8-18(17)26(33)34/h5-8,10-13,15,32H,3-4,9,14H2,1-2H3,(H,33,34)(H,35,36). The van der Waals surface area contributed by atoms with Crippen LogP contribution in [0.1, 0.15) is 70.6 Å². The van der Waals surface area contributed by atoms with Gasteiger partial charge in [0.05, 0.1) is 34.1 Å². The van der Waals surface area contributed by atoms with Crippen molar-refractivity contribution >= 4 is 34.4 Å². The molecule has 4 rings (SSSR count). The Hall–Kier alpha value is -3.75. The van der Waals surface area contributed by atoms with E-state index in [1.54, 1.807) is 37.3 Å². The number of halogens is 1. The van der Waals surface area contributed by atoms with E-state index >= 15 is 0 Å². The summed E-state index contributed by atoms with van der Waals surface area (Å²) in [5.74, 6) is -1.51. The molecule has 2 aromatic carbocycles. The van der Waals surface area contributed by atoms with Crippen LogP contribution in [0.5, 0.6) is 0 Å². The smallest absolute Gasteiger partial charge is 0.336 e. The van der Waals surface area contributed by atoms with Crippen LogP contribution in [-0.2, 0) is 13.0 Å². The van der Waals surface area contributed by atoms with E-state index in [1.165, 1.54) is 12.1 Å². The molecule has 3 N–H and O–H groups in total. The number of aliphatic hydroxyl groups is 1. The van der Waals surface area contributed by atoms with E-state index in [2.05, 4.69) is 16.9 Å². The Morgan fingerprint density at radius 1 is 1.03 bits per heavy atom. The highest BCUT2D eigenvalue weighted by atomic mass is 35.5. The van der Waals surface area contributed by atoms with E-state index in [-0.39, 0.29) is 22.0 Å². The maximum Gasteiger partial charge on any atom is 0.336 e. The monoisotopic (exact) mass is 507 g/mol. The third kappa shape index (κ3) is 4.96. The Balaban J connectivity index is 1.82. The number of pyridine rings is 1. The summed E-state index contributed by atoms with van der Waals surface area (Å²) < 4.78 is 1.88. The van der Waals surface area contributed by atoms with Gasteiger partial charge in [0, 0.05) is 23.9 Å². The maximum absolute atomic E-state index is 12.2. The second kappa shape index (κ2) is 10.5. The van der Waals surface area contributed by atoms with Gasteiger partial charge in [-0.2, -0.15) is 0 Å². The molecule has 0 saturated heterocycles. The third-order valence-corrected chi connectivity index (χ3v) is 6.35.